The fraction of sp³-hybridized carbons (Fsp3) is 0.500. The fourth-order valence-electron chi connectivity index (χ4n) is 5.02. The molecular weight excluding hydrogens is 462 g/mol. The first-order valence-electron chi connectivity index (χ1n) is 12.6. The quantitative estimate of drug-likeness (QED) is 0.270. The third-order valence-corrected chi connectivity index (χ3v) is 8.47. The number of piperazine rings is 1. The van der Waals surface area contributed by atoms with Gasteiger partial charge in [-0.2, -0.15) is 0 Å². The maximum absolute atomic E-state index is 13.1. The molecule has 1 aliphatic heterocycles. The van der Waals surface area contributed by atoms with Crippen molar-refractivity contribution in [1.82, 2.24) is 14.9 Å². The van der Waals surface area contributed by atoms with E-state index in [-0.39, 0.29) is 17.5 Å². The molecule has 0 saturated carbocycles. The van der Waals surface area contributed by atoms with Gasteiger partial charge in [-0.15, -0.1) is 11.3 Å². The van der Waals surface area contributed by atoms with Crippen molar-refractivity contribution in [1.29, 1.82) is 0 Å². The molecule has 5 rings (SSSR count). The molecule has 1 aliphatic carbocycles. The number of aryl methyl sites for hydroxylation is 2. The molecule has 1 fully saturated rings. The van der Waals surface area contributed by atoms with Crippen LogP contribution in [-0.2, 0) is 12.8 Å². The zero-order valence-electron chi connectivity index (χ0n) is 20.3. The number of aromatic nitrogens is 2. The van der Waals surface area contributed by atoms with E-state index in [2.05, 4.69) is 18.7 Å². The Bertz CT molecular complexity index is 1270. The second kappa shape index (κ2) is 9.89. The summed E-state index contributed by atoms with van der Waals surface area (Å²) in [6.07, 6.45) is 6.90. The van der Waals surface area contributed by atoms with Gasteiger partial charge in [-0.25, -0.2) is 9.97 Å². The maximum Gasteiger partial charge on any atom is 0.270 e. The van der Waals surface area contributed by atoms with Gasteiger partial charge in [0.1, 0.15) is 16.5 Å². The van der Waals surface area contributed by atoms with Crippen molar-refractivity contribution in [3.05, 3.63) is 56.2 Å². The first kappa shape index (κ1) is 23.7. The molecule has 2 aliphatic rings. The highest BCUT2D eigenvalue weighted by Gasteiger charge is 2.28. The van der Waals surface area contributed by atoms with Crippen LogP contribution in [0.25, 0.3) is 10.2 Å². The van der Waals surface area contributed by atoms with Crippen LogP contribution in [0.15, 0.2) is 24.3 Å². The van der Waals surface area contributed by atoms with Crippen LogP contribution in [0.2, 0.25) is 0 Å². The molecular formula is C26H31N5O3S. The zero-order chi connectivity index (χ0) is 24.5. The standard InChI is InChI=1S/C26H31N5O3S/c1-3-17(2)23-27-24(22-20-10-5-4-6-11-21(20)35-25(22)28-23)29-12-14-30(15-13-29)26(32)18-8-7-9-19(16-18)31(33)34/h7-9,16-17H,3-6,10-15H2,1-2H3. The van der Waals surface area contributed by atoms with Crippen molar-refractivity contribution in [3.63, 3.8) is 0 Å². The number of non-ortho nitro benzene ring substituents is 1. The van der Waals surface area contributed by atoms with E-state index < -0.39 is 4.92 Å². The summed E-state index contributed by atoms with van der Waals surface area (Å²) in [6, 6.07) is 5.99. The number of carbonyl (C=O) groups is 1. The van der Waals surface area contributed by atoms with Crippen LogP contribution < -0.4 is 4.90 Å². The van der Waals surface area contributed by atoms with Crippen LogP contribution in [0.4, 0.5) is 11.5 Å². The summed E-state index contributed by atoms with van der Waals surface area (Å²) in [7, 11) is 0. The van der Waals surface area contributed by atoms with Gasteiger partial charge in [0.25, 0.3) is 11.6 Å². The van der Waals surface area contributed by atoms with Crippen molar-refractivity contribution in [2.75, 3.05) is 31.1 Å². The van der Waals surface area contributed by atoms with Gasteiger partial charge in [-0.1, -0.05) is 26.3 Å². The Kier molecular flexibility index (Phi) is 6.69. The molecule has 0 N–H and O–H groups in total. The summed E-state index contributed by atoms with van der Waals surface area (Å²) in [4.78, 5) is 40.5. The lowest BCUT2D eigenvalue weighted by atomic mass is 10.1. The van der Waals surface area contributed by atoms with Gasteiger partial charge in [-0.05, 0) is 43.7 Å². The molecule has 1 aromatic carbocycles. The van der Waals surface area contributed by atoms with E-state index in [0.29, 0.717) is 31.7 Å². The Morgan fingerprint density at radius 3 is 2.66 bits per heavy atom. The molecule has 3 heterocycles. The summed E-state index contributed by atoms with van der Waals surface area (Å²) in [5.41, 5.74) is 1.73. The number of nitrogens with zero attached hydrogens (tertiary/aromatic N) is 5. The Morgan fingerprint density at radius 1 is 1.14 bits per heavy atom. The SMILES string of the molecule is CCC(C)c1nc(N2CCN(C(=O)c3cccc([N+](=O)[O-])c3)CC2)c2c3c(sc2n1)CCCCC3. The van der Waals surface area contributed by atoms with Gasteiger partial charge >= 0.3 is 0 Å². The number of amides is 1. The highest BCUT2D eigenvalue weighted by atomic mass is 32.1. The number of nitro groups is 1. The van der Waals surface area contributed by atoms with E-state index in [1.54, 1.807) is 17.0 Å². The van der Waals surface area contributed by atoms with Gasteiger partial charge in [0.2, 0.25) is 0 Å². The number of hydrogen-bond donors (Lipinski definition) is 0. The molecule has 1 saturated heterocycles. The minimum atomic E-state index is -0.465. The number of hydrogen-bond acceptors (Lipinski definition) is 7. The van der Waals surface area contributed by atoms with E-state index >= 15 is 0 Å². The predicted octanol–water partition coefficient (Wildman–Crippen LogP) is 5.34. The van der Waals surface area contributed by atoms with Crippen molar-refractivity contribution < 1.29 is 9.72 Å². The topological polar surface area (TPSA) is 92.5 Å². The van der Waals surface area contributed by atoms with Gasteiger partial charge in [0.05, 0.1) is 10.3 Å². The Morgan fingerprint density at radius 2 is 1.91 bits per heavy atom. The number of carbonyl (C=O) groups excluding carboxylic acids is 1. The molecule has 1 amide bonds. The molecule has 35 heavy (non-hydrogen) atoms. The van der Waals surface area contributed by atoms with Crippen LogP contribution in [0.3, 0.4) is 0 Å². The van der Waals surface area contributed by atoms with E-state index in [0.717, 1.165) is 35.7 Å². The lowest BCUT2D eigenvalue weighted by Crippen LogP contribution is -2.49. The number of nitro benzene ring substituents is 1. The largest absolute Gasteiger partial charge is 0.352 e. The van der Waals surface area contributed by atoms with Crippen molar-refractivity contribution in [3.8, 4) is 0 Å². The molecule has 0 radical (unpaired) electrons. The second-order valence-electron chi connectivity index (χ2n) is 9.55. The van der Waals surface area contributed by atoms with E-state index in [4.69, 9.17) is 9.97 Å². The second-order valence-corrected chi connectivity index (χ2v) is 10.6. The maximum atomic E-state index is 13.1. The highest BCUT2D eigenvalue weighted by molar-refractivity contribution is 7.19. The predicted molar refractivity (Wildman–Crippen MR) is 139 cm³/mol. The monoisotopic (exact) mass is 493 g/mol. The Hall–Kier alpha value is -3.07. The molecule has 1 unspecified atom stereocenters. The first-order chi connectivity index (χ1) is 17.0. The van der Waals surface area contributed by atoms with Crippen LogP contribution in [0.5, 0.6) is 0 Å². The smallest absolute Gasteiger partial charge is 0.270 e. The molecule has 0 bridgehead atoms. The highest BCUT2D eigenvalue weighted by Crippen LogP contribution is 2.40. The molecule has 184 valence electrons. The fourth-order valence-corrected chi connectivity index (χ4v) is 6.28. The lowest BCUT2D eigenvalue weighted by molar-refractivity contribution is -0.384. The molecule has 9 heteroatoms. The van der Waals surface area contributed by atoms with Crippen LogP contribution in [0, 0.1) is 10.1 Å². The summed E-state index contributed by atoms with van der Waals surface area (Å²) >= 11 is 1.84. The number of anilines is 1. The van der Waals surface area contributed by atoms with E-state index in [1.165, 1.54) is 47.2 Å². The normalized spacial score (nSPS) is 17.2. The van der Waals surface area contributed by atoms with Gasteiger partial charge < -0.3 is 9.80 Å². The molecule has 0 spiro atoms. The van der Waals surface area contributed by atoms with Crippen LogP contribution >= 0.6 is 11.3 Å². The van der Waals surface area contributed by atoms with Crippen molar-refractivity contribution in [2.45, 2.75) is 58.3 Å². The zero-order valence-corrected chi connectivity index (χ0v) is 21.1. The third kappa shape index (κ3) is 4.61. The number of fused-ring (bicyclic) bond motifs is 3. The summed E-state index contributed by atoms with van der Waals surface area (Å²) in [5.74, 6) is 2.05. The third-order valence-electron chi connectivity index (χ3n) is 7.29. The average Bonchev–Trinajstić information content (AvgIpc) is 3.08. The Balaban J connectivity index is 1.43. The van der Waals surface area contributed by atoms with E-state index in [9.17, 15) is 14.9 Å². The van der Waals surface area contributed by atoms with Crippen molar-refractivity contribution >= 4 is 39.0 Å². The molecule has 3 aromatic rings. The summed E-state index contributed by atoms with van der Waals surface area (Å²) in [5, 5.41) is 12.3. The summed E-state index contributed by atoms with van der Waals surface area (Å²) in [6.45, 7) is 6.81. The summed E-state index contributed by atoms with van der Waals surface area (Å²) < 4.78 is 0. The van der Waals surface area contributed by atoms with Gasteiger partial charge in [0.15, 0.2) is 0 Å². The number of rotatable bonds is 5. The van der Waals surface area contributed by atoms with Crippen LogP contribution in [0.1, 0.15) is 72.1 Å². The lowest BCUT2D eigenvalue weighted by Gasteiger charge is -2.36. The minimum Gasteiger partial charge on any atom is -0.352 e. The number of thiophene rings is 1. The Labute approximate surface area is 209 Å². The van der Waals surface area contributed by atoms with Crippen LogP contribution in [-0.4, -0.2) is 51.9 Å². The van der Waals surface area contributed by atoms with Gasteiger partial charge in [-0.3, -0.25) is 14.9 Å². The molecule has 2 aromatic heterocycles. The molecule has 8 nitrogen and oxygen atoms in total. The van der Waals surface area contributed by atoms with Gasteiger partial charge in [0, 0.05) is 54.7 Å². The minimum absolute atomic E-state index is 0.0615. The average molecular weight is 494 g/mol. The van der Waals surface area contributed by atoms with E-state index in [1.807, 2.05) is 11.3 Å². The molecule has 1 atom stereocenters. The first-order valence-corrected chi connectivity index (χ1v) is 13.4. The number of benzene rings is 1. The van der Waals surface area contributed by atoms with Crippen molar-refractivity contribution in [2.24, 2.45) is 0 Å².